The molecular formula is C21H21N3O3. The molecule has 0 saturated heterocycles. The van der Waals surface area contributed by atoms with Gasteiger partial charge in [0.15, 0.2) is 0 Å². The summed E-state index contributed by atoms with van der Waals surface area (Å²) in [4.78, 5) is 12.0. The van der Waals surface area contributed by atoms with Gasteiger partial charge in [-0.3, -0.25) is 4.79 Å². The molecule has 1 amide bonds. The summed E-state index contributed by atoms with van der Waals surface area (Å²) in [5.74, 6) is 1.33. The van der Waals surface area contributed by atoms with Gasteiger partial charge in [0.05, 0.1) is 27.0 Å². The number of benzene rings is 3. The zero-order valence-corrected chi connectivity index (χ0v) is 15.2. The number of carbonyl (C=O) groups excluding carboxylic acids is 1. The first-order valence-electron chi connectivity index (χ1n) is 8.47. The smallest absolute Gasteiger partial charge is 0.259 e. The van der Waals surface area contributed by atoms with Gasteiger partial charge in [0.1, 0.15) is 11.5 Å². The molecule has 6 heteroatoms. The number of nitrogens with one attached hydrogen (secondary N) is 2. The monoisotopic (exact) mass is 363 g/mol. The van der Waals surface area contributed by atoms with Crippen LogP contribution in [0.5, 0.6) is 11.5 Å². The average Bonchev–Trinajstić information content (AvgIpc) is 2.72. The first kappa shape index (κ1) is 18.3. The van der Waals surface area contributed by atoms with E-state index < -0.39 is 0 Å². The van der Waals surface area contributed by atoms with Crippen molar-refractivity contribution in [1.82, 2.24) is 5.43 Å². The number of carbonyl (C=O) groups is 1. The summed E-state index contributed by atoms with van der Waals surface area (Å²) < 4.78 is 10.5. The van der Waals surface area contributed by atoms with Gasteiger partial charge in [-0.25, -0.2) is 5.43 Å². The van der Waals surface area contributed by atoms with Crippen LogP contribution in [-0.2, 0) is 4.79 Å². The molecule has 0 radical (unpaired) electrons. The van der Waals surface area contributed by atoms with Crippen LogP contribution in [0.15, 0.2) is 65.8 Å². The molecule has 27 heavy (non-hydrogen) atoms. The summed E-state index contributed by atoms with van der Waals surface area (Å²) >= 11 is 0. The average molecular weight is 363 g/mol. The maximum Gasteiger partial charge on any atom is 0.259 e. The highest BCUT2D eigenvalue weighted by Gasteiger charge is 2.05. The van der Waals surface area contributed by atoms with Gasteiger partial charge in [-0.2, -0.15) is 5.10 Å². The number of nitrogens with zero attached hydrogens (tertiary/aromatic N) is 1. The van der Waals surface area contributed by atoms with E-state index in [9.17, 15) is 4.79 Å². The molecule has 138 valence electrons. The second kappa shape index (κ2) is 8.71. The maximum absolute atomic E-state index is 12.0. The second-order valence-corrected chi connectivity index (χ2v) is 5.78. The molecule has 3 aromatic carbocycles. The molecule has 0 aromatic heterocycles. The zero-order valence-electron chi connectivity index (χ0n) is 15.2. The Hall–Kier alpha value is -3.54. The Kier molecular flexibility index (Phi) is 5.89. The van der Waals surface area contributed by atoms with Gasteiger partial charge >= 0.3 is 0 Å². The molecule has 3 aromatic rings. The van der Waals surface area contributed by atoms with Crippen LogP contribution < -0.4 is 20.2 Å². The van der Waals surface area contributed by atoms with Crippen LogP contribution in [0.1, 0.15) is 5.56 Å². The van der Waals surface area contributed by atoms with E-state index in [-0.39, 0.29) is 12.5 Å². The van der Waals surface area contributed by atoms with E-state index in [1.807, 2.05) is 60.7 Å². The van der Waals surface area contributed by atoms with E-state index in [1.54, 1.807) is 20.4 Å². The summed E-state index contributed by atoms with van der Waals surface area (Å²) in [6.45, 7) is 0.118. The molecule has 6 nitrogen and oxygen atoms in total. The molecule has 0 aliphatic carbocycles. The van der Waals surface area contributed by atoms with Crippen molar-refractivity contribution in [1.29, 1.82) is 0 Å². The first-order valence-corrected chi connectivity index (χ1v) is 8.47. The lowest BCUT2D eigenvalue weighted by molar-refractivity contribution is -0.119. The number of fused-ring (bicyclic) bond motifs is 1. The highest BCUT2D eigenvalue weighted by molar-refractivity contribution is 6.02. The molecule has 0 bridgehead atoms. The van der Waals surface area contributed by atoms with Crippen molar-refractivity contribution in [3.8, 4) is 11.5 Å². The van der Waals surface area contributed by atoms with Gasteiger partial charge in [0.25, 0.3) is 5.91 Å². The lowest BCUT2D eigenvalue weighted by atomic mass is 10.0. The molecule has 3 rings (SSSR count). The number of anilines is 1. The van der Waals surface area contributed by atoms with Crippen LogP contribution >= 0.6 is 0 Å². The lowest BCUT2D eigenvalue weighted by Crippen LogP contribution is -2.25. The minimum atomic E-state index is -0.236. The van der Waals surface area contributed by atoms with Gasteiger partial charge in [-0.05, 0) is 41.8 Å². The minimum absolute atomic E-state index is 0.118. The third-order valence-electron chi connectivity index (χ3n) is 4.07. The Morgan fingerprint density at radius 3 is 2.41 bits per heavy atom. The number of hydrogen-bond donors (Lipinski definition) is 2. The van der Waals surface area contributed by atoms with Crippen LogP contribution in [0.2, 0.25) is 0 Å². The summed E-state index contributed by atoms with van der Waals surface area (Å²) in [5, 5.41) is 9.10. The van der Waals surface area contributed by atoms with E-state index in [2.05, 4.69) is 15.8 Å². The molecule has 0 unspecified atom stereocenters. The molecule has 0 heterocycles. The summed E-state index contributed by atoms with van der Waals surface area (Å²) in [5.41, 5.74) is 4.26. The van der Waals surface area contributed by atoms with E-state index in [1.165, 1.54) is 0 Å². The van der Waals surface area contributed by atoms with Crippen molar-refractivity contribution in [2.24, 2.45) is 5.10 Å². The molecule has 0 saturated carbocycles. The van der Waals surface area contributed by atoms with Crippen LogP contribution in [0, 0.1) is 0 Å². The van der Waals surface area contributed by atoms with Crippen LogP contribution in [-0.4, -0.2) is 32.9 Å². The van der Waals surface area contributed by atoms with Gasteiger partial charge in [0.2, 0.25) is 0 Å². The molecule has 0 atom stereocenters. The highest BCUT2D eigenvalue weighted by Crippen LogP contribution is 2.27. The van der Waals surface area contributed by atoms with Crippen molar-refractivity contribution < 1.29 is 14.3 Å². The Morgan fingerprint density at radius 2 is 1.70 bits per heavy atom. The van der Waals surface area contributed by atoms with E-state index >= 15 is 0 Å². The highest BCUT2D eigenvalue weighted by atomic mass is 16.5. The Labute approximate surface area is 157 Å². The third kappa shape index (κ3) is 4.55. The van der Waals surface area contributed by atoms with Crippen molar-refractivity contribution in [2.45, 2.75) is 0 Å². The fourth-order valence-corrected chi connectivity index (χ4v) is 2.69. The Bertz CT molecular complexity index is 953. The first-order chi connectivity index (χ1) is 13.2. The number of amides is 1. The van der Waals surface area contributed by atoms with E-state index in [0.29, 0.717) is 0 Å². The maximum atomic E-state index is 12.0. The Morgan fingerprint density at radius 1 is 0.963 bits per heavy atom. The zero-order chi connectivity index (χ0) is 19.1. The van der Waals surface area contributed by atoms with Gasteiger partial charge < -0.3 is 14.8 Å². The quantitative estimate of drug-likeness (QED) is 0.498. The van der Waals surface area contributed by atoms with Gasteiger partial charge in [-0.1, -0.05) is 24.3 Å². The molecule has 0 fully saturated rings. The fourth-order valence-electron chi connectivity index (χ4n) is 2.69. The van der Waals surface area contributed by atoms with E-state index in [4.69, 9.17) is 9.47 Å². The largest absolute Gasteiger partial charge is 0.497 e. The van der Waals surface area contributed by atoms with Crippen LogP contribution in [0.3, 0.4) is 0 Å². The molecular weight excluding hydrogens is 342 g/mol. The summed E-state index contributed by atoms with van der Waals surface area (Å²) in [6, 6.07) is 19.0. The topological polar surface area (TPSA) is 72.0 Å². The van der Waals surface area contributed by atoms with Crippen LogP contribution in [0.25, 0.3) is 10.8 Å². The number of methoxy groups -OCH3 is 2. The number of ether oxygens (including phenoxy) is 2. The van der Waals surface area contributed by atoms with Gasteiger partial charge in [0, 0.05) is 16.6 Å². The van der Waals surface area contributed by atoms with Crippen molar-refractivity contribution in [3.05, 3.63) is 66.2 Å². The normalized spacial score (nSPS) is 10.7. The number of hydrogen-bond acceptors (Lipinski definition) is 5. The predicted molar refractivity (Wildman–Crippen MR) is 108 cm³/mol. The minimum Gasteiger partial charge on any atom is -0.497 e. The fraction of sp³-hybridized carbons (Fsp3) is 0.143. The standard InChI is InChI=1S/C21H21N3O3/c1-26-17-10-8-16(9-11-17)22-14-21(25)24-23-13-15-7-12-20(27-2)19-6-4-3-5-18(15)19/h3-13,22H,14H2,1-2H3,(H,24,25)/b23-13+. The third-order valence-corrected chi connectivity index (χ3v) is 4.07. The molecule has 0 aliphatic heterocycles. The van der Waals surface area contributed by atoms with Crippen LogP contribution in [0.4, 0.5) is 5.69 Å². The van der Waals surface area contributed by atoms with Crippen molar-refractivity contribution >= 4 is 28.6 Å². The number of hydrazone groups is 1. The summed E-state index contributed by atoms with van der Waals surface area (Å²) in [7, 11) is 3.26. The van der Waals surface area contributed by atoms with Crippen molar-refractivity contribution in [3.63, 3.8) is 0 Å². The van der Waals surface area contributed by atoms with E-state index in [0.717, 1.165) is 33.5 Å². The van der Waals surface area contributed by atoms with Crippen molar-refractivity contribution in [2.75, 3.05) is 26.1 Å². The number of rotatable bonds is 7. The predicted octanol–water partition coefficient (Wildman–Crippen LogP) is 3.42. The van der Waals surface area contributed by atoms with Gasteiger partial charge in [-0.15, -0.1) is 0 Å². The SMILES string of the molecule is COc1ccc(NCC(=O)N/N=C/c2ccc(OC)c3ccccc23)cc1. The molecule has 2 N–H and O–H groups in total. The Balaban J connectivity index is 1.60. The lowest BCUT2D eigenvalue weighted by Gasteiger charge is -2.08. The molecule has 0 aliphatic rings. The molecule has 0 spiro atoms. The second-order valence-electron chi connectivity index (χ2n) is 5.78. The summed E-state index contributed by atoms with van der Waals surface area (Å²) in [6.07, 6.45) is 1.63.